The Bertz CT molecular complexity index is 532. The van der Waals surface area contributed by atoms with E-state index in [4.69, 9.17) is 0 Å². The van der Waals surface area contributed by atoms with Crippen molar-refractivity contribution >= 4 is 23.6 Å². The van der Waals surface area contributed by atoms with Gasteiger partial charge in [0.15, 0.2) is 5.96 Å². The van der Waals surface area contributed by atoms with Crippen LogP contribution in [0.2, 0.25) is 0 Å². The van der Waals surface area contributed by atoms with Crippen LogP contribution in [0, 0.1) is 0 Å². The number of benzene rings is 1. The molecule has 0 saturated heterocycles. The molecular weight excluding hydrogens is 320 g/mol. The smallest absolute Gasteiger partial charge is 0.253 e. The first kappa shape index (κ1) is 20.4. The molecule has 134 valence electrons. The molecule has 1 amide bonds. The average Bonchev–Trinajstić information content (AvgIpc) is 2.58. The third-order valence-electron chi connectivity index (χ3n) is 3.41. The molecule has 0 bridgehead atoms. The fraction of sp³-hybridized carbons (Fsp3) is 0.556. The van der Waals surface area contributed by atoms with E-state index in [1.165, 1.54) is 0 Å². The van der Waals surface area contributed by atoms with Crippen molar-refractivity contribution in [3.8, 4) is 0 Å². The minimum absolute atomic E-state index is 0.0357. The van der Waals surface area contributed by atoms with E-state index in [0.29, 0.717) is 0 Å². The molecule has 0 saturated carbocycles. The summed E-state index contributed by atoms with van der Waals surface area (Å²) in [5.74, 6) is 2.03. The van der Waals surface area contributed by atoms with Crippen LogP contribution >= 0.6 is 11.8 Å². The van der Waals surface area contributed by atoms with Gasteiger partial charge in [0.05, 0.1) is 0 Å². The molecule has 1 aromatic rings. The van der Waals surface area contributed by atoms with Gasteiger partial charge in [0, 0.05) is 39.3 Å². The van der Waals surface area contributed by atoms with Gasteiger partial charge in [-0.1, -0.05) is 12.1 Å². The fourth-order valence-corrected chi connectivity index (χ4v) is 2.60. The van der Waals surface area contributed by atoms with Crippen molar-refractivity contribution in [2.75, 3.05) is 45.7 Å². The van der Waals surface area contributed by atoms with Crippen molar-refractivity contribution in [2.45, 2.75) is 19.8 Å². The number of nitrogens with zero attached hydrogens (tertiary/aromatic N) is 2. The molecule has 0 aliphatic heterocycles. The van der Waals surface area contributed by atoms with Crippen molar-refractivity contribution in [1.82, 2.24) is 15.5 Å². The largest absolute Gasteiger partial charge is 0.357 e. The summed E-state index contributed by atoms with van der Waals surface area (Å²) in [6.45, 7) is 4.54. The maximum absolute atomic E-state index is 12.0. The van der Waals surface area contributed by atoms with Crippen LogP contribution in [0.4, 0.5) is 0 Å². The predicted molar refractivity (Wildman–Crippen MR) is 105 cm³/mol. The first-order valence-corrected chi connectivity index (χ1v) is 9.79. The van der Waals surface area contributed by atoms with Crippen LogP contribution in [-0.2, 0) is 6.42 Å². The van der Waals surface area contributed by atoms with Gasteiger partial charge in [0.1, 0.15) is 0 Å². The molecule has 0 aromatic heterocycles. The second-order valence-electron chi connectivity index (χ2n) is 5.68. The maximum Gasteiger partial charge on any atom is 0.253 e. The Kier molecular flexibility index (Phi) is 10.00. The third kappa shape index (κ3) is 7.73. The van der Waals surface area contributed by atoms with Crippen molar-refractivity contribution in [1.29, 1.82) is 0 Å². The van der Waals surface area contributed by atoms with Crippen LogP contribution in [0.3, 0.4) is 0 Å². The number of carbonyl (C=O) groups excluding carboxylic acids is 1. The zero-order valence-corrected chi connectivity index (χ0v) is 16.1. The topological polar surface area (TPSA) is 56.7 Å². The van der Waals surface area contributed by atoms with Gasteiger partial charge in [-0.25, -0.2) is 0 Å². The molecule has 0 spiro atoms. The molecule has 0 aliphatic carbocycles. The Balaban J connectivity index is 2.52. The molecule has 1 aromatic carbocycles. The maximum atomic E-state index is 12.0. The SMILES string of the molecule is CCNC(=NCCCSC)NCCc1cccc(C(=O)N(C)C)c1. The van der Waals surface area contributed by atoms with E-state index >= 15 is 0 Å². The van der Waals surface area contributed by atoms with Crippen molar-refractivity contribution in [2.24, 2.45) is 4.99 Å². The second kappa shape index (κ2) is 11.8. The van der Waals surface area contributed by atoms with Gasteiger partial charge in [0.25, 0.3) is 5.91 Å². The summed E-state index contributed by atoms with van der Waals surface area (Å²) in [7, 11) is 3.54. The Morgan fingerprint density at radius 2 is 2.08 bits per heavy atom. The highest BCUT2D eigenvalue weighted by Crippen LogP contribution is 2.07. The number of carbonyl (C=O) groups is 1. The number of aliphatic imine (C=N–C) groups is 1. The van der Waals surface area contributed by atoms with Gasteiger partial charge in [-0.2, -0.15) is 11.8 Å². The Hall–Kier alpha value is -1.69. The molecule has 1 rings (SSSR count). The number of amides is 1. The number of guanidine groups is 1. The monoisotopic (exact) mass is 350 g/mol. The number of nitrogens with one attached hydrogen (secondary N) is 2. The summed E-state index contributed by atoms with van der Waals surface area (Å²) in [6.07, 6.45) is 4.05. The number of thioether (sulfide) groups is 1. The molecular formula is C18H30N4OS. The third-order valence-corrected chi connectivity index (χ3v) is 4.10. The summed E-state index contributed by atoms with van der Waals surface area (Å²) in [5.41, 5.74) is 1.88. The first-order valence-electron chi connectivity index (χ1n) is 8.40. The van der Waals surface area contributed by atoms with E-state index in [2.05, 4.69) is 34.9 Å². The number of hydrogen-bond donors (Lipinski definition) is 2. The van der Waals surface area contributed by atoms with E-state index in [0.717, 1.165) is 55.3 Å². The lowest BCUT2D eigenvalue weighted by molar-refractivity contribution is 0.0827. The van der Waals surface area contributed by atoms with E-state index in [-0.39, 0.29) is 5.91 Å². The zero-order valence-electron chi connectivity index (χ0n) is 15.3. The number of hydrogen-bond acceptors (Lipinski definition) is 3. The Morgan fingerprint density at radius 3 is 2.75 bits per heavy atom. The zero-order chi connectivity index (χ0) is 17.8. The molecule has 0 atom stereocenters. The van der Waals surface area contributed by atoms with E-state index in [1.807, 2.05) is 30.0 Å². The molecule has 5 nitrogen and oxygen atoms in total. The van der Waals surface area contributed by atoms with Crippen molar-refractivity contribution in [3.63, 3.8) is 0 Å². The fourth-order valence-electron chi connectivity index (χ4n) is 2.18. The summed E-state index contributed by atoms with van der Waals surface area (Å²) < 4.78 is 0. The highest BCUT2D eigenvalue weighted by molar-refractivity contribution is 7.98. The highest BCUT2D eigenvalue weighted by atomic mass is 32.2. The lowest BCUT2D eigenvalue weighted by atomic mass is 10.1. The van der Waals surface area contributed by atoms with Crippen molar-refractivity contribution in [3.05, 3.63) is 35.4 Å². The van der Waals surface area contributed by atoms with Gasteiger partial charge >= 0.3 is 0 Å². The summed E-state index contributed by atoms with van der Waals surface area (Å²) in [6, 6.07) is 7.81. The minimum atomic E-state index is 0.0357. The van der Waals surface area contributed by atoms with Gasteiger partial charge in [-0.3, -0.25) is 9.79 Å². The van der Waals surface area contributed by atoms with Crippen LogP contribution in [0.1, 0.15) is 29.3 Å². The van der Waals surface area contributed by atoms with Crippen LogP contribution in [-0.4, -0.2) is 62.5 Å². The molecule has 0 aliphatic rings. The van der Waals surface area contributed by atoms with Crippen molar-refractivity contribution < 1.29 is 4.79 Å². The van der Waals surface area contributed by atoms with Gasteiger partial charge in [-0.15, -0.1) is 0 Å². The molecule has 0 radical (unpaired) electrons. The summed E-state index contributed by atoms with van der Waals surface area (Å²) >= 11 is 1.85. The molecule has 0 heterocycles. The summed E-state index contributed by atoms with van der Waals surface area (Å²) in [5, 5.41) is 6.62. The van der Waals surface area contributed by atoms with E-state index in [1.54, 1.807) is 19.0 Å². The molecule has 6 heteroatoms. The summed E-state index contributed by atoms with van der Waals surface area (Å²) in [4.78, 5) is 18.2. The molecule has 0 fully saturated rings. The molecule has 0 unspecified atom stereocenters. The van der Waals surface area contributed by atoms with E-state index < -0.39 is 0 Å². The Morgan fingerprint density at radius 1 is 1.29 bits per heavy atom. The van der Waals surface area contributed by atoms with Gasteiger partial charge in [-0.05, 0) is 49.5 Å². The van der Waals surface area contributed by atoms with Gasteiger partial charge < -0.3 is 15.5 Å². The Labute approximate surface area is 150 Å². The second-order valence-corrected chi connectivity index (χ2v) is 6.67. The minimum Gasteiger partial charge on any atom is -0.357 e. The standard InChI is InChI=1S/C18H30N4OS/c1-5-19-18(20-11-7-13-24-4)21-12-10-15-8-6-9-16(14-15)17(23)22(2)3/h6,8-9,14H,5,7,10-13H2,1-4H3,(H2,19,20,21). The highest BCUT2D eigenvalue weighted by Gasteiger charge is 2.08. The molecule has 24 heavy (non-hydrogen) atoms. The van der Waals surface area contributed by atoms with Gasteiger partial charge in [0.2, 0.25) is 0 Å². The lowest BCUT2D eigenvalue weighted by Crippen LogP contribution is -2.38. The molecule has 2 N–H and O–H groups in total. The average molecular weight is 351 g/mol. The quantitative estimate of drug-likeness (QED) is 0.407. The van der Waals surface area contributed by atoms with Crippen LogP contribution in [0.25, 0.3) is 0 Å². The first-order chi connectivity index (χ1) is 11.6. The van der Waals surface area contributed by atoms with Crippen LogP contribution in [0.5, 0.6) is 0 Å². The van der Waals surface area contributed by atoms with Crippen LogP contribution in [0.15, 0.2) is 29.3 Å². The van der Waals surface area contributed by atoms with E-state index in [9.17, 15) is 4.79 Å². The van der Waals surface area contributed by atoms with Crippen LogP contribution < -0.4 is 10.6 Å². The number of rotatable bonds is 9. The lowest BCUT2D eigenvalue weighted by Gasteiger charge is -2.13. The normalized spacial score (nSPS) is 11.2. The predicted octanol–water partition coefficient (Wildman–Crippen LogP) is 2.24.